The van der Waals surface area contributed by atoms with Crippen LogP contribution in [0.5, 0.6) is 0 Å². The monoisotopic (exact) mass is 475 g/mol. The molecule has 0 saturated carbocycles. The molecular weight excluding hydrogens is 445 g/mol. The zero-order valence-electron chi connectivity index (χ0n) is 20.2. The fourth-order valence-electron chi connectivity index (χ4n) is 3.78. The van der Waals surface area contributed by atoms with Crippen LogP contribution in [-0.2, 0) is 9.47 Å². The van der Waals surface area contributed by atoms with Crippen molar-refractivity contribution in [2.45, 2.75) is 65.1 Å². The third-order valence-corrected chi connectivity index (χ3v) is 5.02. The van der Waals surface area contributed by atoms with Gasteiger partial charge in [0.15, 0.2) is 5.82 Å². The van der Waals surface area contributed by atoms with Crippen molar-refractivity contribution in [3.63, 3.8) is 0 Å². The Morgan fingerprint density at radius 2 is 1.74 bits per heavy atom. The fraction of sp³-hybridized carbons (Fsp3) is 0.500. The maximum atomic E-state index is 14.7. The van der Waals surface area contributed by atoms with Crippen LogP contribution in [0.3, 0.4) is 0 Å². The largest absolute Gasteiger partial charge is 0.443 e. The van der Waals surface area contributed by atoms with Crippen molar-refractivity contribution < 1.29 is 33.4 Å². The van der Waals surface area contributed by atoms with E-state index in [-0.39, 0.29) is 42.1 Å². The number of amides is 2. The standard InChI is InChI=1S/C24H30FN3O6/c1-23(2,3)33-21(31)27-13-14(8-10-29)19-16(20(27)30)11-18(15-7-9-26-12-17(15)25)28(19)22(32)34-24(4,5)6/h7,9,11-12,14,29H,8,10,13H2,1-6H3. The van der Waals surface area contributed by atoms with Gasteiger partial charge in [0.1, 0.15) is 11.2 Å². The highest BCUT2D eigenvalue weighted by Crippen LogP contribution is 2.38. The lowest BCUT2D eigenvalue weighted by Crippen LogP contribution is -2.46. The predicted molar refractivity (Wildman–Crippen MR) is 121 cm³/mol. The van der Waals surface area contributed by atoms with Crippen LogP contribution < -0.4 is 0 Å². The fourth-order valence-corrected chi connectivity index (χ4v) is 3.78. The number of ether oxygens (including phenoxy) is 2. The molecule has 1 aliphatic rings. The summed E-state index contributed by atoms with van der Waals surface area (Å²) in [5, 5.41) is 9.69. The number of carbonyl (C=O) groups is 3. The number of carbonyl (C=O) groups excluding carboxylic acids is 3. The van der Waals surface area contributed by atoms with Crippen LogP contribution in [0.1, 0.15) is 69.9 Å². The molecule has 184 valence electrons. The van der Waals surface area contributed by atoms with Gasteiger partial charge in [0.05, 0.1) is 17.5 Å². The van der Waals surface area contributed by atoms with Crippen molar-refractivity contribution >= 4 is 18.1 Å². The molecule has 34 heavy (non-hydrogen) atoms. The third kappa shape index (κ3) is 5.27. The maximum absolute atomic E-state index is 14.7. The van der Waals surface area contributed by atoms with Gasteiger partial charge in [0.25, 0.3) is 5.91 Å². The average molecular weight is 476 g/mol. The molecule has 1 N–H and O–H groups in total. The van der Waals surface area contributed by atoms with Crippen molar-refractivity contribution in [2.24, 2.45) is 0 Å². The molecule has 2 aromatic rings. The lowest BCUT2D eigenvalue weighted by molar-refractivity contribution is 0.0210. The first-order valence-corrected chi connectivity index (χ1v) is 11.0. The van der Waals surface area contributed by atoms with Crippen molar-refractivity contribution in [1.29, 1.82) is 0 Å². The first-order chi connectivity index (χ1) is 15.7. The number of fused-ring (bicyclic) bond motifs is 1. The van der Waals surface area contributed by atoms with Gasteiger partial charge >= 0.3 is 12.2 Å². The zero-order chi connectivity index (χ0) is 25.4. The van der Waals surface area contributed by atoms with Gasteiger partial charge in [0, 0.05) is 36.5 Å². The summed E-state index contributed by atoms with van der Waals surface area (Å²) in [5.74, 6) is -2.00. The van der Waals surface area contributed by atoms with E-state index in [0.29, 0.717) is 0 Å². The second-order valence-electron chi connectivity index (χ2n) is 10.1. The normalized spacial score (nSPS) is 16.3. The van der Waals surface area contributed by atoms with Gasteiger partial charge in [-0.1, -0.05) is 0 Å². The van der Waals surface area contributed by atoms with E-state index in [9.17, 15) is 23.9 Å². The molecule has 0 radical (unpaired) electrons. The molecule has 1 unspecified atom stereocenters. The van der Waals surface area contributed by atoms with E-state index in [1.54, 1.807) is 41.5 Å². The highest BCUT2D eigenvalue weighted by atomic mass is 19.1. The van der Waals surface area contributed by atoms with Gasteiger partial charge in [-0.3, -0.25) is 9.78 Å². The molecule has 2 aromatic heterocycles. The van der Waals surface area contributed by atoms with E-state index in [1.165, 1.54) is 18.3 Å². The highest BCUT2D eigenvalue weighted by molar-refractivity contribution is 6.07. The first-order valence-electron chi connectivity index (χ1n) is 11.0. The average Bonchev–Trinajstić information content (AvgIpc) is 3.09. The number of halogens is 1. The molecule has 0 aromatic carbocycles. The van der Waals surface area contributed by atoms with Crippen LogP contribution in [0.25, 0.3) is 11.3 Å². The van der Waals surface area contributed by atoms with Crippen LogP contribution in [0, 0.1) is 5.82 Å². The molecule has 2 amide bonds. The Morgan fingerprint density at radius 3 is 2.29 bits per heavy atom. The van der Waals surface area contributed by atoms with Gasteiger partial charge in [-0.05, 0) is 60.1 Å². The number of aliphatic hydroxyl groups excluding tert-OH is 1. The molecular formula is C24H30FN3O6. The number of pyridine rings is 1. The molecule has 0 spiro atoms. The molecule has 3 heterocycles. The highest BCUT2D eigenvalue weighted by Gasteiger charge is 2.42. The van der Waals surface area contributed by atoms with Crippen LogP contribution in [0.2, 0.25) is 0 Å². The van der Waals surface area contributed by atoms with Crippen LogP contribution in [0.4, 0.5) is 14.0 Å². The Morgan fingerprint density at radius 1 is 1.12 bits per heavy atom. The van der Waals surface area contributed by atoms with Crippen molar-refractivity contribution in [3.05, 3.63) is 41.6 Å². The molecule has 10 heteroatoms. The lowest BCUT2D eigenvalue weighted by atomic mass is 9.93. The Hall–Kier alpha value is -3.27. The Labute approximate surface area is 197 Å². The SMILES string of the molecule is CC(C)(C)OC(=O)N1CC(CCO)c2c(cc(-c3ccncc3F)n2C(=O)OC(C)(C)C)C1=O. The topological polar surface area (TPSA) is 111 Å². The van der Waals surface area contributed by atoms with E-state index in [1.807, 2.05) is 0 Å². The summed E-state index contributed by atoms with van der Waals surface area (Å²) in [6.07, 6.45) is 0.865. The summed E-state index contributed by atoms with van der Waals surface area (Å²) in [5.41, 5.74) is -1.29. The van der Waals surface area contributed by atoms with Gasteiger partial charge in [-0.25, -0.2) is 23.4 Å². The summed E-state index contributed by atoms with van der Waals surface area (Å²) in [6.45, 7) is 9.72. The lowest BCUT2D eigenvalue weighted by Gasteiger charge is -2.33. The summed E-state index contributed by atoms with van der Waals surface area (Å²) in [4.78, 5) is 44.1. The van der Waals surface area contributed by atoms with Crippen molar-refractivity contribution in [1.82, 2.24) is 14.5 Å². The zero-order valence-corrected chi connectivity index (χ0v) is 20.2. The molecule has 0 saturated heterocycles. The molecule has 3 rings (SSSR count). The molecule has 9 nitrogen and oxygen atoms in total. The summed E-state index contributed by atoms with van der Waals surface area (Å²) in [7, 11) is 0. The van der Waals surface area contributed by atoms with Gasteiger partial charge in [-0.15, -0.1) is 0 Å². The third-order valence-electron chi connectivity index (χ3n) is 5.02. The van der Waals surface area contributed by atoms with E-state index in [4.69, 9.17) is 9.47 Å². The Kier molecular flexibility index (Phi) is 6.84. The second kappa shape index (κ2) is 9.17. The van der Waals surface area contributed by atoms with E-state index < -0.39 is 41.0 Å². The number of rotatable bonds is 3. The number of imide groups is 1. The first kappa shape index (κ1) is 25.4. The van der Waals surface area contributed by atoms with Crippen molar-refractivity contribution in [3.8, 4) is 11.3 Å². The predicted octanol–water partition coefficient (Wildman–Crippen LogP) is 4.33. The maximum Gasteiger partial charge on any atom is 0.419 e. The minimum atomic E-state index is -0.865. The molecule has 0 fully saturated rings. The summed E-state index contributed by atoms with van der Waals surface area (Å²) >= 11 is 0. The van der Waals surface area contributed by atoms with Gasteiger partial charge < -0.3 is 14.6 Å². The van der Waals surface area contributed by atoms with Crippen molar-refractivity contribution in [2.75, 3.05) is 13.2 Å². The number of hydrogen-bond donors (Lipinski definition) is 1. The van der Waals surface area contributed by atoms with Crippen LogP contribution in [0.15, 0.2) is 24.5 Å². The van der Waals surface area contributed by atoms with Crippen LogP contribution >= 0.6 is 0 Å². The smallest absolute Gasteiger partial charge is 0.419 e. The number of aromatic nitrogens is 2. The van der Waals surface area contributed by atoms with E-state index in [2.05, 4.69) is 4.98 Å². The second-order valence-corrected chi connectivity index (χ2v) is 10.1. The summed E-state index contributed by atoms with van der Waals surface area (Å²) < 4.78 is 26.8. The quantitative estimate of drug-likeness (QED) is 0.703. The number of nitrogens with zero attached hydrogens (tertiary/aromatic N) is 3. The Bertz CT molecular complexity index is 1110. The molecule has 0 aliphatic carbocycles. The number of hydrogen-bond acceptors (Lipinski definition) is 7. The molecule has 1 aliphatic heterocycles. The number of aliphatic hydroxyl groups is 1. The van der Waals surface area contributed by atoms with Crippen LogP contribution in [-0.4, -0.2) is 62.0 Å². The minimum absolute atomic E-state index is 0.0348. The van der Waals surface area contributed by atoms with Gasteiger partial charge in [-0.2, -0.15) is 0 Å². The van der Waals surface area contributed by atoms with E-state index >= 15 is 0 Å². The minimum Gasteiger partial charge on any atom is -0.443 e. The van der Waals surface area contributed by atoms with Gasteiger partial charge in [0.2, 0.25) is 0 Å². The Balaban J connectivity index is 2.22. The van der Waals surface area contributed by atoms with E-state index in [0.717, 1.165) is 15.7 Å². The molecule has 1 atom stereocenters. The molecule has 0 bridgehead atoms. The summed E-state index contributed by atoms with van der Waals surface area (Å²) in [6, 6.07) is 2.75.